The number of thiol groups is 1. The van der Waals surface area contributed by atoms with Gasteiger partial charge in [0.15, 0.2) is 0 Å². The molecule has 0 heterocycles. The van der Waals surface area contributed by atoms with Gasteiger partial charge in [-0.15, -0.1) is 12.6 Å². The minimum Gasteiger partial charge on any atom is -0.319 e. The average molecular weight is 298 g/mol. The molecule has 0 spiro atoms. The van der Waals surface area contributed by atoms with Gasteiger partial charge in [0.1, 0.15) is 0 Å². The molecule has 0 saturated heterocycles. The predicted octanol–water partition coefficient (Wildman–Crippen LogP) is 4.53. The summed E-state index contributed by atoms with van der Waals surface area (Å²) in [5.74, 6) is -0.277. The SMILES string of the molecule is O=C(Nc1c(Cl)cccc1Cl)c1cccc(S)c1. The third-order valence-corrected chi connectivity index (χ3v) is 3.22. The summed E-state index contributed by atoms with van der Waals surface area (Å²) in [6, 6.07) is 12.0. The Hall–Kier alpha value is -1.16. The number of carbonyl (C=O) groups is 1. The molecule has 0 fully saturated rings. The molecule has 0 aromatic heterocycles. The number of hydrogen-bond donors (Lipinski definition) is 2. The minimum absolute atomic E-state index is 0.277. The van der Waals surface area contributed by atoms with E-state index in [4.69, 9.17) is 23.2 Å². The Morgan fingerprint density at radius 2 is 1.67 bits per heavy atom. The van der Waals surface area contributed by atoms with E-state index >= 15 is 0 Å². The Morgan fingerprint density at radius 1 is 1.06 bits per heavy atom. The summed E-state index contributed by atoms with van der Waals surface area (Å²) in [6.07, 6.45) is 0. The number of amides is 1. The summed E-state index contributed by atoms with van der Waals surface area (Å²) in [6.45, 7) is 0. The zero-order valence-corrected chi connectivity index (χ0v) is 11.6. The van der Waals surface area contributed by atoms with Crippen LogP contribution >= 0.6 is 35.8 Å². The monoisotopic (exact) mass is 297 g/mol. The lowest BCUT2D eigenvalue weighted by Gasteiger charge is -2.09. The largest absolute Gasteiger partial charge is 0.319 e. The van der Waals surface area contributed by atoms with Crippen LogP contribution in [0.3, 0.4) is 0 Å². The van der Waals surface area contributed by atoms with Crippen molar-refractivity contribution in [1.29, 1.82) is 0 Å². The first-order valence-corrected chi connectivity index (χ1v) is 6.32. The van der Waals surface area contributed by atoms with E-state index in [1.807, 2.05) is 0 Å². The average Bonchev–Trinajstić information content (AvgIpc) is 2.34. The first kappa shape index (κ1) is 13.3. The lowest BCUT2D eigenvalue weighted by Crippen LogP contribution is -2.12. The number of carbonyl (C=O) groups excluding carboxylic acids is 1. The normalized spacial score (nSPS) is 10.2. The zero-order valence-electron chi connectivity index (χ0n) is 9.15. The molecule has 0 aliphatic carbocycles. The Bertz CT molecular complexity index is 581. The minimum atomic E-state index is -0.277. The molecule has 2 aromatic rings. The van der Waals surface area contributed by atoms with Crippen molar-refractivity contribution >= 4 is 47.4 Å². The summed E-state index contributed by atoms with van der Waals surface area (Å²) >= 11 is 16.1. The van der Waals surface area contributed by atoms with E-state index in [-0.39, 0.29) is 5.91 Å². The second-order valence-electron chi connectivity index (χ2n) is 3.60. The third kappa shape index (κ3) is 2.99. The zero-order chi connectivity index (χ0) is 13.1. The Balaban J connectivity index is 2.27. The molecule has 0 atom stereocenters. The van der Waals surface area contributed by atoms with Crippen molar-refractivity contribution < 1.29 is 4.79 Å². The third-order valence-electron chi connectivity index (χ3n) is 2.31. The van der Waals surface area contributed by atoms with E-state index in [1.165, 1.54) is 0 Å². The number of benzene rings is 2. The molecule has 2 aromatic carbocycles. The molecule has 0 radical (unpaired) electrons. The fraction of sp³-hybridized carbons (Fsp3) is 0. The van der Waals surface area contributed by atoms with E-state index < -0.39 is 0 Å². The lowest BCUT2D eigenvalue weighted by molar-refractivity contribution is 0.102. The molecule has 2 nitrogen and oxygen atoms in total. The van der Waals surface area contributed by atoms with Crippen LogP contribution in [0.5, 0.6) is 0 Å². The number of para-hydroxylation sites is 1. The first-order chi connectivity index (χ1) is 8.58. The van der Waals surface area contributed by atoms with Crippen LogP contribution < -0.4 is 5.32 Å². The molecular weight excluding hydrogens is 289 g/mol. The number of rotatable bonds is 2. The topological polar surface area (TPSA) is 29.1 Å². The fourth-order valence-electron chi connectivity index (χ4n) is 1.45. The van der Waals surface area contributed by atoms with Crippen molar-refractivity contribution in [3.8, 4) is 0 Å². The highest BCUT2D eigenvalue weighted by Gasteiger charge is 2.11. The summed E-state index contributed by atoms with van der Waals surface area (Å²) in [5.41, 5.74) is 0.911. The molecule has 0 saturated carbocycles. The highest BCUT2D eigenvalue weighted by atomic mass is 35.5. The van der Waals surface area contributed by atoms with E-state index in [0.717, 1.165) is 0 Å². The molecule has 1 N–H and O–H groups in total. The smallest absolute Gasteiger partial charge is 0.255 e. The molecule has 1 amide bonds. The second kappa shape index (κ2) is 5.65. The van der Waals surface area contributed by atoms with Gasteiger partial charge in [0.25, 0.3) is 5.91 Å². The van der Waals surface area contributed by atoms with Gasteiger partial charge in [-0.25, -0.2) is 0 Å². The highest BCUT2D eigenvalue weighted by Crippen LogP contribution is 2.30. The maximum Gasteiger partial charge on any atom is 0.255 e. The van der Waals surface area contributed by atoms with Gasteiger partial charge >= 0.3 is 0 Å². The van der Waals surface area contributed by atoms with Crippen LogP contribution in [0, 0.1) is 0 Å². The van der Waals surface area contributed by atoms with Crippen LogP contribution in [-0.2, 0) is 0 Å². The van der Waals surface area contributed by atoms with Crippen LogP contribution in [0.15, 0.2) is 47.4 Å². The second-order valence-corrected chi connectivity index (χ2v) is 4.93. The first-order valence-electron chi connectivity index (χ1n) is 5.12. The van der Waals surface area contributed by atoms with Crippen LogP contribution in [0.25, 0.3) is 0 Å². The molecular formula is C13H9Cl2NOS. The summed E-state index contributed by atoms with van der Waals surface area (Å²) in [7, 11) is 0. The van der Waals surface area contributed by atoms with Gasteiger partial charge in [-0.1, -0.05) is 35.3 Å². The maximum absolute atomic E-state index is 12.0. The van der Waals surface area contributed by atoms with Gasteiger partial charge in [0.2, 0.25) is 0 Å². The van der Waals surface area contributed by atoms with Gasteiger partial charge in [-0.3, -0.25) is 4.79 Å². The van der Waals surface area contributed by atoms with Crippen molar-refractivity contribution in [2.24, 2.45) is 0 Å². The Kier molecular flexibility index (Phi) is 4.17. The number of anilines is 1. The lowest BCUT2D eigenvalue weighted by atomic mass is 10.2. The van der Waals surface area contributed by atoms with Gasteiger partial charge in [0.05, 0.1) is 15.7 Å². The molecule has 0 bridgehead atoms. The van der Waals surface area contributed by atoms with E-state index in [2.05, 4.69) is 17.9 Å². The van der Waals surface area contributed by atoms with E-state index in [0.29, 0.717) is 26.2 Å². The van der Waals surface area contributed by atoms with Crippen molar-refractivity contribution in [1.82, 2.24) is 0 Å². The van der Waals surface area contributed by atoms with Crippen molar-refractivity contribution in [2.45, 2.75) is 4.90 Å². The standard InChI is InChI=1S/C13H9Cl2NOS/c14-10-5-2-6-11(15)12(10)16-13(17)8-3-1-4-9(18)7-8/h1-7,18H,(H,16,17). The predicted molar refractivity (Wildman–Crippen MR) is 78.1 cm³/mol. The van der Waals surface area contributed by atoms with Crippen molar-refractivity contribution in [3.05, 3.63) is 58.1 Å². The van der Waals surface area contributed by atoms with Gasteiger partial charge in [-0.2, -0.15) is 0 Å². The molecule has 0 aliphatic heterocycles. The van der Waals surface area contributed by atoms with Gasteiger partial charge in [0, 0.05) is 10.5 Å². The van der Waals surface area contributed by atoms with Gasteiger partial charge < -0.3 is 5.32 Å². The van der Waals surface area contributed by atoms with Crippen LogP contribution in [0.1, 0.15) is 10.4 Å². The maximum atomic E-state index is 12.0. The fourth-order valence-corrected chi connectivity index (χ4v) is 2.17. The summed E-state index contributed by atoms with van der Waals surface area (Å²) in [5, 5.41) is 3.49. The van der Waals surface area contributed by atoms with Crippen molar-refractivity contribution in [3.63, 3.8) is 0 Å². The summed E-state index contributed by atoms with van der Waals surface area (Å²) < 4.78 is 0. The van der Waals surface area contributed by atoms with Crippen LogP contribution in [-0.4, -0.2) is 5.91 Å². The molecule has 0 aliphatic rings. The molecule has 18 heavy (non-hydrogen) atoms. The van der Waals surface area contributed by atoms with Crippen LogP contribution in [0.2, 0.25) is 10.0 Å². The van der Waals surface area contributed by atoms with Crippen LogP contribution in [0.4, 0.5) is 5.69 Å². The van der Waals surface area contributed by atoms with E-state index in [9.17, 15) is 4.79 Å². The molecule has 92 valence electrons. The quantitative estimate of drug-likeness (QED) is 0.783. The Morgan fingerprint density at radius 3 is 2.28 bits per heavy atom. The highest BCUT2D eigenvalue weighted by molar-refractivity contribution is 7.80. The van der Waals surface area contributed by atoms with Crippen molar-refractivity contribution in [2.75, 3.05) is 5.32 Å². The molecule has 0 unspecified atom stereocenters. The molecule has 5 heteroatoms. The van der Waals surface area contributed by atoms with Gasteiger partial charge in [-0.05, 0) is 30.3 Å². The molecule has 2 rings (SSSR count). The number of nitrogens with one attached hydrogen (secondary N) is 1. The number of hydrogen-bond acceptors (Lipinski definition) is 2. The van der Waals surface area contributed by atoms with E-state index in [1.54, 1.807) is 42.5 Å². The number of halogens is 2. The summed E-state index contributed by atoms with van der Waals surface area (Å²) in [4.78, 5) is 12.7. The Labute approximate surface area is 120 Å².